The predicted molar refractivity (Wildman–Crippen MR) is 46.9 cm³/mol. The second-order valence-electron chi connectivity index (χ2n) is 2.64. The fourth-order valence-corrected chi connectivity index (χ4v) is 1.21. The first-order chi connectivity index (χ1) is 6.66. The van der Waals surface area contributed by atoms with Crippen LogP contribution in [0, 0.1) is 11.6 Å². The monoisotopic (exact) mass is 215 g/mol. The molecule has 1 aromatic heterocycles. The van der Waals surface area contributed by atoms with Crippen LogP contribution in [0.4, 0.5) is 8.78 Å². The first-order valence-electron chi connectivity index (χ1n) is 3.74. The number of benzene rings is 1. The molecule has 0 saturated heterocycles. The molecule has 0 fully saturated rings. The SMILES string of the molecule is Fc1ccc(F)c(-c2cc(Cl)on2)c1. The number of halogens is 3. The van der Waals surface area contributed by atoms with Crippen LogP contribution in [0.3, 0.4) is 0 Å². The Morgan fingerprint density at radius 3 is 2.64 bits per heavy atom. The fraction of sp³-hybridized carbons (Fsp3) is 0. The van der Waals surface area contributed by atoms with E-state index in [1.165, 1.54) is 6.07 Å². The molecule has 0 N–H and O–H groups in total. The Bertz CT molecular complexity index is 470. The van der Waals surface area contributed by atoms with Crippen LogP contribution in [0.25, 0.3) is 11.3 Å². The van der Waals surface area contributed by atoms with Gasteiger partial charge in [0.25, 0.3) is 0 Å². The molecule has 0 saturated carbocycles. The van der Waals surface area contributed by atoms with Gasteiger partial charge in [0.2, 0.25) is 5.22 Å². The van der Waals surface area contributed by atoms with Crippen LogP contribution < -0.4 is 0 Å². The summed E-state index contributed by atoms with van der Waals surface area (Å²) < 4.78 is 30.5. The van der Waals surface area contributed by atoms with Crippen LogP contribution in [0.15, 0.2) is 28.8 Å². The molecule has 1 aromatic carbocycles. The van der Waals surface area contributed by atoms with Gasteiger partial charge in [0.05, 0.1) is 0 Å². The van der Waals surface area contributed by atoms with Gasteiger partial charge in [-0.3, -0.25) is 0 Å². The first kappa shape index (κ1) is 9.15. The standard InChI is InChI=1S/C9H4ClF2NO/c10-9-4-8(13-14-9)6-3-5(11)1-2-7(6)12/h1-4H. The Balaban J connectivity index is 2.55. The normalized spacial score (nSPS) is 10.5. The third-order valence-electron chi connectivity index (χ3n) is 1.69. The summed E-state index contributed by atoms with van der Waals surface area (Å²) in [7, 11) is 0. The molecule has 0 atom stereocenters. The molecule has 5 heteroatoms. The quantitative estimate of drug-likeness (QED) is 0.730. The Hall–Kier alpha value is -1.42. The first-order valence-corrected chi connectivity index (χ1v) is 4.12. The molecule has 0 amide bonds. The summed E-state index contributed by atoms with van der Waals surface area (Å²) in [6, 6.07) is 4.40. The molecule has 0 spiro atoms. The summed E-state index contributed by atoms with van der Waals surface area (Å²) in [4.78, 5) is 0. The molecule has 2 nitrogen and oxygen atoms in total. The molecule has 1 heterocycles. The third-order valence-corrected chi connectivity index (χ3v) is 1.86. The van der Waals surface area contributed by atoms with E-state index >= 15 is 0 Å². The number of rotatable bonds is 1. The van der Waals surface area contributed by atoms with Gasteiger partial charge in [0, 0.05) is 11.6 Å². The zero-order valence-electron chi connectivity index (χ0n) is 6.80. The lowest BCUT2D eigenvalue weighted by molar-refractivity contribution is 0.423. The van der Waals surface area contributed by atoms with E-state index in [4.69, 9.17) is 11.6 Å². The number of aromatic nitrogens is 1. The third kappa shape index (κ3) is 1.61. The van der Waals surface area contributed by atoms with Gasteiger partial charge < -0.3 is 4.52 Å². The van der Waals surface area contributed by atoms with Gasteiger partial charge in [-0.25, -0.2) is 8.78 Å². The number of hydrogen-bond acceptors (Lipinski definition) is 2. The van der Waals surface area contributed by atoms with Gasteiger partial charge in [0.1, 0.15) is 17.3 Å². The smallest absolute Gasteiger partial charge is 0.226 e. The van der Waals surface area contributed by atoms with Crippen LogP contribution in [0.2, 0.25) is 5.22 Å². The van der Waals surface area contributed by atoms with E-state index in [1.54, 1.807) is 0 Å². The van der Waals surface area contributed by atoms with Gasteiger partial charge in [-0.2, -0.15) is 0 Å². The van der Waals surface area contributed by atoms with Crippen LogP contribution in [-0.2, 0) is 0 Å². The largest absolute Gasteiger partial charge is 0.344 e. The molecule has 72 valence electrons. The van der Waals surface area contributed by atoms with E-state index < -0.39 is 11.6 Å². The van der Waals surface area contributed by atoms with E-state index in [-0.39, 0.29) is 16.5 Å². The lowest BCUT2D eigenvalue weighted by Gasteiger charge is -1.97. The molecular formula is C9H4ClF2NO. The second-order valence-corrected chi connectivity index (χ2v) is 3.01. The van der Waals surface area contributed by atoms with Crippen molar-refractivity contribution in [1.29, 1.82) is 0 Å². The van der Waals surface area contributed by atoms with Gasteiger partial charge >= 0.3 is 0 Å². The highest BCUT2D eigenvalue weighted by Crippen LogP contribution is 2.24. The Kier molecular flexibility index (Phi) is 2.21. The van der Waals surface area contributed by atoms with Crippen LogP contribution in [0.1, 0.15) is 0 Å². The van der Waals surface area contributed by atoms with Crippen molar-refractivity contribution in [2.45, 2.75) is 0 Å². The molecule has 0 bridgehead atoms. The fourth-order valence-electron chi connectivity index (χ4n) is 1.07. The van der Waals surface area contributed by atoms with Gasteiger partial charge in [0.15, 0.2) is 0 Å². The van der Waals surface area contributed by atoms with Crippen LogP contribution in [0.5, 0.6) is 0 Å². The minimum Gasteiger partial charge on any atom is -0.344 e. The molecule has 0 aliphatic heterocycles. The average molecular weight is 216 g/mol. The summed E-state index contributed by atoms with van der Waals surface area (Å²) in [5.74, 6) is -1.11. The Labute approximate surface area is 83.1 Å². The molecule has 0 unspecified atom stereocenters. The lowest BCUT2D eigenvalue weighted by atomic mass is 10.1. The predicted octanol–water partition coefficient (Wildman–Crippen LogP) is 3.27. The maximum atomic E-state index is 13.2. The summed E-state index contributed by atoms with van der Waals surface area (Å²) in [6.07, 6.45) is 0. The van der Waals surface area contributed by atoms with Crippen LogP contribution >= 0.6 is 11.6 Å². The summed E-state index contributed by atoms with van der Waals surface area (Å²) >= 11 is 5.46. The maximum Gasteiger partial charge on any atom is 0.226 e. The Morgan fingerprint density at radius 2 is 2.00 bits per heavy atom. The summed E-state index contributed by atoms with van der Waals surface area (Å²) in [5, 5.41) is 3.51. The highest BCUT2D eigenvalue weighted by Gasteiger charge is 2.10. The van der Waals surface area contributed by atoms with E-state index in [1.807, 2.05) is 0 Å². The molecule has 0 radical (unpaired) electrons. The average Bonchev–Trinajstić information content (AvgIpc) is 2.56. The van der Waals surface area contributed by atoms with Crippen molar-refractivity contribution in [3.63, 3.8) is 0 Å². The molecular weight excluding hydrogens is 212 g/mol. The number of nitrogens with zero attached hydrogens (tertiary/aromatic N) is 1. The Morgan fingerprint density at radius 1 is 1.21 bits per heavy atom. The van der Waals surface area contributed by atoms with E-state index in [0.29, 0.717) is 0 Å². The van der Waals surface area contributed by atoms with Crippen molar-refractivity contribution in [1.82, 2.24) is 5.16 Å². The second kappa shape index (κ2) is 3.38. The zero-order chi connectivity index (χ0) is 10.1. The maximum absolute atomic E-state index is 13.2. The minimum atomic E-state index is -0.573. The zero-order valence-corrected chi connectivity index (χ0v) is 7.55. The summed E-state index contributed by atoms with van der Waals surface area (Å²) in [6.45, 7) is 0. The van der Waals surface area contributed by atoms with Gasteiger partial charge in [-0.1, -0.05) is 5.16 Å². The van der Waals surface area contributed by atoms with Crippen molar-refractivity contribution < 1.29 is 13.3 Å². The number of hydrogen-bond donors (Lipinski definition) is 0. The van der Waals surface area contributed by atoms with E-state index in [0.717, 1.165) is 18.2 Å². The molecule has 14 heavy (non-hydrogen) atoms. The van der Waals surface area contributed by atoms with Crippen molar-refractivity contribution in [2.75, 3.05) is 0 Å². The lowest BCUT2D eigenvalue weighted by Crippen LogP contribution is -1.85. The van der Waals surface area contributed by atoms with Crippen molar-refractivity contribution in [2.24, 2.45) is 0 Å². The van der Waals surface area contributed by atoms with Gasteiger partial charge in [-0.15, -0.1) is 0 Å². The van der Waals surface area contributed by atoms with Gasteiger partial charge in [-0.05, 0) is 29.8 Å². The van der Waals surface area contributed by atoms with E-state index in [2.05, 4.69) is 9.68 Å². The van der Waals surface area contributed by atoms with E-state index in [9.17, 15) is 8.78 Å². The van der Waals surface area contributed by atoms with Crippen molar-refractivity contribution in [3.8, 4) is 11.3 Å². The summed E-state index contributed by atoms with van der Waals surface area (Å²) in [5.41, 5.74) is 0.202. The highest BCUT2D eigenvalue weighted by atomic mass is 35.5. The molecule has 2 rings (SSSR count). The molecule has 0 aliphatic rings. The highest BCUT2D eigenvalue weighted by molar-refractivity contribution is 6.29. The van der Waals surface area contributed by atoms with Crippen molar-refractivity contribution in [3.05, 3.63) is 41.1 Å². The minimum absolute atomic E-state index is 0.0284. The van der Waals surface area contributed by atoms with Crippen molar-refractivity contribution >= 4 is 11.6 Å². The molecule has 0 aliphatic carbocycles. The molecule has 2 aromatic rings. The topological polar surface area (TPSA) is 26.0 Å². The van der Waals surface area contributed by atoms with Crippen LogP contribution in [-0.4, -0.2) is 5.16 Å².